The van der Waals surface area contributed by atoms with Gasteiger partial charge in [-0.2, -0.15) is 14.6 Å². The Morgan fingerprint density at radius 1 is 1.07 bits per heavy atom. The van der Waals surface area contributed by atoms with Crippen molar-refractivity contribution < 1.29 is 4.52 Å². The van der Waals surface area contributed by atoms with Gasteiger partial charge in [-0.1, -0.05) is 19.0 Å². The molecule has 8 heteroatoms. The highest BCUT2D eigenvalue weighted by atomic mass is 16.5. The molecule has 0 spiro atoms. The van der Waals surface area contributed by atoms with Gasteiger partial charge >= 0.3 is 0 Å². The fourth-order valence-electron chi connectivity index (χ4n) is 3.78. The molecule has 1 aliphatic heterocycles. The molecular weight excluding hydrogens is 342 g/mol. The second-order valence-electron chi connectivity index (χ2n) is 8.11. The van der Waals surface area contributed by atoms with E-state index in [1.165, 1.54) is 18.5 Å². The van der Waals surface area contributed by atoms with E-state index in [4.69, 9.17) is 9.62 Å². The first-order chi connectivity index (χ1) is 13.2. The highest BCUT2D eigenvalue weighted by molar-refractivity contribution is 5.38. The number of aromatic nitrogens is 6. The van der Waals surface area contributed by atoms with E-state index in [9.17, 15) is 0 Å². The Bertz CT molecular complexity index is 935. The van der Waals surface area contributed by atoms with Gasteiger partial charge in [0.2, 0.25) is 5.89 Å². The summed E-state index contributed by atoms with van der Waals surface area (Å²) in [6, 6.07) is 4.15. The average Bonchev–Trinajstić information content (AvgIpc) is 3.27. The third-order valence-corrected chi connectivity index (χ3v) is 5.61. The summed E-state index contributed by atoms with van der Waals surface area (Å²) < 4.78 is 7.36. The molecular formula is C19H25N7O. The maximum absolute atomic E-state index is 5.39. The number of fused-ring (bicyclic) bond motifs is 1. The number of piperidine rings is 1. The smallest absolute Gasteiger partial charge is 0.240 e. The molecule has 0 atom stereocenters. The van der Waals surface area contributed by atoms with Gasteiger partial charge in [0.15, 0.2) is 17.3 Å². The van der Waals surface area contributed by atoms with Crippen molar-refractivity contribution in [3.63, 3.8) is 0 Å². The third-order valence-electron chi connectivity index (χ3n) is 5.61. The summed E-state index contributed by atoms with van der Waals surface area (Å²) in [5.41, 5.74) is 2.03. The Kier molecular flexibility index (Phi) is 4.15. The Labute approximate surface area is 158 Å². The minimum Gasteiger partial charge on any atom is -0.338 e. The van der Waals surface area contributed by atoms with Gasteiger partial charge in [0.1, 0.15) is 0 Å². The summed E-state index contributed by atoms with van der Waals surface area (Å²) in [5, 5.41) is 17.7. The van der Waals surface area contributed by atoms with Crippen LogP contribution in [-0.4, -0.2) is 47.9 Å². The van der Waals surface area contributed by atoms with Crippen LogP contribution in [0.3, 0.4) is 0 Å². The number of hydrogen-bond acceptors (Lipinski definition) is 7. The molecule has 1 aliphatic carbocycles. The van der Waals surface area contributed by atoms with E-state index in [1.54, 1.807) is 0 Å². The number of hydrogen-bond donors (Lipinski definition) is 0. The summed E-state index contributed by atoms with van der Waals surface area (Å²) in [7, 11) is 0. The van der Waals surface area contributed by atoms with E-state index in [0.717, 1.165) is 49.8 Å². The predicted molar refractivity (Wildman–Crippen MR) is 98.4 cm³/mol. The maximum atomic E-state index is 5.39. The van der Waals surface area contributed by atoms with Gasteiger partial charge in [0.25, 0.3) is 0 Å². The van der Waals surface area contributed by atoms with Gasteiger partial charge in [-0.15, -0.1) is 10.2 Å². The molecule has 2 fully saturated rings. The number of rotatable bonds is 5. The number of nitrogens with zero attached hydrogens (tertiary/aromatic N) is 7. The van der Waals surface area contributed by atoms with Crippen LogP contribution in [0.1, 0.15) is 80.5 Å². The molecule has 1 saturated heterocycles. The largest absolute Gasteiger partial charge is 0.338 e. The van der Waals surface area contributed by atoms with E-state index >= 15 is 0 Å². The van der Waals surface area contributed by atoms with Crippen molar-refractivity contribution in [1.29, 1.82) is 0 Å². The standard InChI is InChI=1S/C19H25N7O/c1-12(2)18-20-17(27-24-18)11-25-9-7-14(8-10-25)19-22-21-16-6-5-15(13-3-4-13)23-26(16)19/h5-6,12-14H,3-4,7-11H2,1-2H3. The normalized spacial score (nSPS) is 19.4. The Morgan fingerprint density at radius 3 is 2.59 bits per heavy atom. The summed E-state index contributed by atoms with van der Waals surface area (Å²) in [5.74, 6) is 3.83. The quantitative estimate of drug-likeness (QED) is 0.685. The minimum absolute atomic E-state index is 0.294. The first-order valence-electron chi connectivity index (χ1n) is 9.94. The molecule has 3 aromatic heterocycles. The topological polar surface area (TPSA) is 85.2 Å². The van der Waals surface area contributed by atoms with E-state index in [2.05, 4.69) is 45.2 Å². The van der Waals surface area contributed by atoms with Crippen molar-refractivity contribution in [2.75, 3.05) is 13.1 Å². The summed E-state index contributed by atoms with van der Waals surface area (Å²) in [6.07, 6.45) is 4.59. The molecule has 27 heavy (non-hydrogen) atoms. The summed E-state index contributed by atoms with van der Waals surface area (Å²) in [6.45, 7) is 6.84. The van der Waals surface area contributed by atoms with Crippen LogP contribution < -0.4 is 0 Å². The van der Waals surface area contributed by atoms with Gasteiger partial charge in [-0.05, 0) is 50.9 Å². The molecule has 8 nitrogen and oxygen atoms in total. The lowest BCUT2D eigenvalue weighted by molar-refractivity contribution is 0.178. The SMILES string of the molecule is CC(C)c1noc(CN2CCC(c3nnc4ccc(C5CC5)nn34)CC2)n1. The minimum atomic E-state index is 0.294. The van der Waals surface area contributed by atoms with Crippen molar-refractivity contribution in [1.82, 2.24) is 34.9 Å². The molecule has 4 heterocycles. The van der Waals surface area contributed by atoms with Gasteiger partial charge in [-0.25, -0.2) is 0 Å². The maximum Gasteiger partial charge on any atom is 0.240 e. The van der Waals surface area contributed by atoms with Crippen LogP contribution in [0.15, 0.2) is 16.7 Å². The summed E-state index contributed by atoms with van der Waals surface area (Å²) in [4.78, 5) is 6.87. The number of likely N-dealkylation sites (tertiary alicyclic amines) is 1. The lowest BCUT2D eigenvalue weighted by Crippen LogP contribution is -2.33. The Hall–Kier alpha value is -2.35. The summed E-state index contributed by atoms with van der Waals surface area (Å²) >= 11 is 0. The Morgan fingerprint density at radius 2 is 1.89 bits per heavy atom. The Balaban J connectivity index is 1.26. The van der Waals surface area contributed by atoms with E-state index in [1.807, 2.05) is 10.6 Å². The monoisotopic (exact) mass is 367 g/mol. The first kappa shape index (κ1) is 16.8. The molecule has 0 bridgehead atoms. The van der Waals surface area contributed by atoms with Crippen LogP contribution in [0.2, 0.25) is 0 Å². The van der Waals surface area contributed by atoms with Crippen LogP contribution in [0, 0.1) is 0 Å². The van der Waals surface area contributed by atoms with Crippen molar-refractivity contribution in [3.05, 3.63) is 35.4 Å². The van der Waals surface area contributed by atoms with Crippen molar-refractivity contribution >= 4 is 5.65 Å². The predicted octanol–water partition coefficient (Wildman–Crippen LogP) is 2.89. The van der Waals surface area contributed by atoms with Gasteiger partial charge in [0, 0.05) is 17.8 Å². The molecule has 0 radical (unpaired) electrons. The second-order valence-corrected chi connectivity index (χ2v) is 8.11. The fraction of sp³-hybridized carbons (Fsp3) is 0.632. The zero-order chi connectivity index (χ0) is 18.4. The highest BCUT2D eigenvalue weighted by Crippen LogP contribution is 2.39. The molecule has 1 saturated carbocycles. The van der Waals surface area contributed by atoms with Crippen LogP contribution >= 0.6 is 0 Å². The highest BCUT2D eigenvalue weighted by Gasteiger charge is 2.28. The molecule has 3 aromatic rings. The molecule has 2 aliphatic rings. The molecule has 5 rings (SSSR count). The lowest BCUT2D eigenvalue weighted by Gasteiger charge is -2.29. The molecule has 0 unspecified atom stereocenters. The fourth-order valence-corrected chi connectivity index (χ4v) is 3.78. The van der Waals surface area contributed by atoms with Crippen molar-refractivity contribution in [2.24, 2.45) is 0 Å². The van der Waals surface area contributed by atoms with E-state index in [0.29, 0.717) is 23.6 Å². The van der Waals surface area contributed by atoms with E-state index < -0.39 is 0 Å². The molecule has 0 amide bonds. The van der Waals surface area contributed by atoms with Gasteiger partial charge in [0.05, 0.1) is 12.2 Å². The lowest BCUT2D eigenvalue weighted by atomic mass is 9.96. The zero-order valence-electron chi connectivity index (χ0n) is 15.9. The zero-order valence-corrected chi connectivity index (χ0v) is 15.9. The van der Waals surface area contributed by atoms with Crippen LogP contribution in [0.25, 0.3) is 5.65 Å². The van der Waals surface area contributed by atoms with E-state index in [-0.39, 0.29) is 0 Å². The van der Waals surface area contributed by atoms with Gasteiger partial charge < -0.3 is 4.52 Å². The third kappa shape index (κ3) is 3.34. The van der Waals surface area contributed by atoms with Crippen LogP contribution in [0.4, 0.5) is 0 Å². The molecule has 0 N–H and O–H groups in total. The molecule has 0 aromatic carbocycles. The van der Waals surface area contributed by atoms with Gasteiger partial charge in [-0.3, -0.25) is 4.90 Å². The van der Waals surface area contributed by atoms with Crippen LogP contribution in [0.5, 0.6) is 0 Å². The first-order valence-corrected chi connectivity index (χ1v) is 9.94. The van der Waals surface area contributed by atoms with Crippen molar-refractivity contribution in [2.45, 2.75) is 63.8 Å². The molecule has 142 valence electrons. The average molecular weight is 367 g/mol. The van der Waals surface area contributed by atoms with Crippen LogP contribution in [-0.2, 0) is 6.54 Å². The second kappa shape index (κ2) is 6.67. The van der Waals surface area contributed by atoms with Crippen molar-refractivity contribution in [3.8, 4) is 0 Å².